The zero-order valence-electron chi connectivity index (χ0n) is 14.7. The van der Waals surface area contributed by atoms with Gasteiger partial charge in [0.05, 0.1) is 25.8 Å². The highest BCUT2D eigenvalue weighted by molar-refractivity contribution is 5.76. The Labute approximate surface area is 147 Å². The number of nitrogens with one attached hydrogen (secondary N) is 1. The largest absolute Gasteiger partial charge is 0.493 e. The van der Waals surface area contributed by atoms with E-state index in [1.54, 1.807) is 4.90 Å². The minimum Gasteiger partial charge on any atom is -0.493 e. The molecule has 1 aliphatic heterocycles. The molecule has 1 atom stereocenters. The van der Waals surface area contributed by atoms with E-state index in [9.17, 15) is 9.90 Å². The molecular weight excluding hydrogens is 320 g/mol. The van der Waals surface area contributed by atoms with Gasteiger partial charge < -0.3 is 14.7 Å². The molecule has 3 rings (SSSR count). The van der Waals surface area contributed by atoms with Crippen LogP contribution in [0.2, 0.25) is 0 Å². The van der Waals surface area contributed by atoms with Gasteiger partial charge >= 0.3 is 0 Å². The van der Waals surface area contributed by atoms with Crippen molar-refractivity contribution in [1.29, 1.82) is 0 Å². The van der Waals surface area contributed by atoms with Crippen molar-refractivity contribution in [2.24, 2.45) is 0 Å². The number of aliphatic hydroxyl groups is 1. The average molecular weight is 344 g/mol. The molecule has 2 N–H and O–H groups in total. The van der Waals surface area contributed by atoms with Crippen molar-refractivity contribution in [3.8, 4) is 5.75 Å². The number of hydrogen-bond donors (Lipinski definition) is 2. The molecule has 0 unspecified atom stereocenters. The van der Waals surface area contributed by atoms with Crippen LogP contribution >= 0.6 is 0 Å². The maximum atomic E-state index is 12.5. The first kappa shape index (κ1) is 17.4. The first-order valence-electron chi connectivity index (χ1n) is 8.54. The van der Waals surface area contributed by atoms with Gasteiger partial charge in [-0.25, -0.2) is 0 Å². The van der Waals surface area contributed by atoms with Crippen LogP contribution in [0.3, 0.4) is 0 Å². The molecule has 2 heterocycles. The second kappa shape index (κ2) is 7.23. The van der Waals surface area contributed by atoms with E-state index in [2.05, 4.69) is 21.5 Å². The fraction of sp³-hybridized carbons (Fsp3) is 0.500. The summed E-state index contributed by atoms with van der Waals surface area (Å²) in [5.74, 6) is 0.780. The van der Waals surface area contributed by atoms with Gasteiger partial charge in [-0.2, -0.15) is 15.4 Å². The Kier molecular flexibility index (Phi) is 5.03. The van der Waals surface area contributed by atoms with Gasteiger partial charge in [0, 0.05) is 6.54 Å². The summed E-state index contributed by atoms with van der Waals surface area (Å²) in [4.78, 5) is 14.2. The Bertz CT molecular complexity index is 732. The van der Waals surface area contributed by atoms with E-state index in [0.29, 0.717) is 25.3 Å². The Morgan fingerprint density at radius 1 is 1.44 bits per heavy atom. The summed E-state index contributed by atoms with van der Waals surface area (Å²) in [6.07, 6.45) is 3.09. The van der Waals surface area contributed by atoms with Crippen LogP contribution in [0.5, 0.6) is 5.75 Å². The van der Waals surface area contributed by atoms with Crippen molar-refractivity contribution < 1.29 is 14.6 Å². The van der Waals surface area contributed by atoms with Crippen molar-refractivity contribution in [2.45, 2.75) is 38.7 Å². The fourth-order valence-electron chi connectivity index (χ4n) is 3.25. The number of aromatic amines is 1. The summed E-state index contributed by atoms with van der Waals surface area (Å²) in [5.41, 5.74) is 1.60. The second-order valence-electron chi connectivity index (χ2n) is 6.67. The molecule has 25 heavy (non-hydrogen) atoms. The predicted molar refractivity (Wildman–Crippen MR) is 92.1 cm³/mol. The lowest BCUT2D eigenvalue weighted by atomic mass is 9.90. The van der Waals surface area contributed by atoms with Gasteiger partial charge in [-0.3, -0.25) is 4.79 Å². The van der Waals surface area contributed by atoms with Crippen molar-refractivity contribution in [3.05, 3.63) is 41.2 Å². The van der Waals surface area contributed by atoms with Crippen LogP contribution in [0.4, 0.5) is 0 Å². The zero-order valence-corrected chi connectivity index (χ0v) is 14.7. The number of benzene rings is 1. The number of rotatable bonds is 5. The third-order valence-corrected chi connectivity index (χ3v) is 4.62. The molecule has 1 amide bonds. The minimum absolute atomic E-state index is 0.0219. The van der Waals surface area contributed by atoms with Crippen molar-refractivity contribution >= 4 is 5.91 Å². The van der Waals surface area contributed by atoms with E-state index >= 15 is 0 Å². The number of H-pyrrole nitrogens is 1. The Morgan fingerprint density at radius 2 is 2.28 bits per heavy atom. The van der Waals surface area contributed by atoms with E-state index in [4.69, 9.17) is 4.74 Å². The number of β-amino-alcohol motifs (C(OH)–C–C–N with tert-alkyl or cyclic N) is 1. The molecule has 1 saturated heterocycles. The smallest absolute Gasteiger partial charge is 0.226 e. The zero-order chi connectivity index (χ0) is 17.9. The molecule has 0 radical (unpaired) electrons. The number of ether oxygens (including phenoxy) is 1. The summed E-state index contributed by atoms with van der Waals surface area (Å²) >= 11 is 0. The van der Waals surface area contributed by atoms with Gasteiger partial charge in [-0.15, -0.1) is 0 Å². The first-order chi connectivity index (χ1) is 12.0. The lowest BCUT2D eigenvalue weighted by Crippen LogP contribution is -2.49. The average Bonchev–Trinajstić information content (AvgIpc) is 3.12. The number of nitrogens with zero attached hydrogens (tertiary/aromatic N) is 3. The highest BCUT2D eigenvalue weighted by Crippen LogP contribution is 2.30. The third-order valence-electron chi connectivity index (χ3n) is 4.62. The summed E-state index contributed by atoms with van der Waals surface area (Å²) < 4.78 is 5.74. The number of hydrogen-bond acceptors (Lipinski definition) is 5. The van der Waals surface area contributed by atoms with E-state index < -0.39 is 5.60 Å². The van der Waals surface area contributed by atoms with Gasteiger partial charge in [-0.1, -0.05) is 17.7 Å². The standard InChI is InChI=1S/C18H24N4O3/c1-13-4-5-15(14(2)10-13)25-9-6-17(23)22-8-3-7-18(24,12-22)16-11-19-21-20-16/h4-5,10-11,24H,3,6-9,12H2,1-2H3,(H,19,20,21)/t18-/m0/s1. The summed E-state index contributed by atoms with van der Waals surface area (Å²) in [5, 5.41) is 21.0. The number of aromatic nitrogens is 3. The van der Waals surface area contributed by atoms with Crippen molar-refractivity contribution in [1.82, 2.24) is 20.3 Å². The van der Waals surface area contributed by atoms with Crippen LogP contribution < -0.4 is 4.74 Å². The Balaban J connectivity index is 1.54. The van der Waals surface area contributed by atoms with Gasteiger partial charge in [-0.05, 0) is 38.3 Å². The monoisotopic (exact) mass is 344 g/mol. The Hall–Kier alpha value is -2.41. The van der Waals surface area contributed by atoms with Crippen LogP contribution in [0.1, 0.15) is 36.1 Å². The molecule has 0 saturated carbocycles. The molecule has 7 heteroatoms. The predicted octanol–water partition coefficient (Wildman–Crippen LogP) is 1.70. The Morgan fingerprint density at radius 3 is 3.00 bits per heavy atom. The quantitative estimate of drug-likeness (QED) is 0.861. The second-order valence-corrected chi connectivity index (χ2v) is 6.67. The molecule has 1 aliphatic rings. The van der Waals surface area contributed by atoms with E-state index in [0.717, 1.165) is 17.7 Å². The topological polar surface area (TPSA) is 91.3 Å². The molecule has 134 valence electrons. The minimum atomic E-state index is -1.13. The number of carbonyl (C=O) groups excluding carboxylic acids is 1. The van der Waals surface area contributed by atoms with Gasteiger partial charge in [0.25, 0.3) is 0 Å². The van der Waals surface area contributed by atoms with E-state index in [1.165, 1.54) is 11.8 Å². The molecule has 0 aliphatic carbocycles. The van der Waals surface area contributed by atoms with Gasteiger partial charge in [0.1, 0.15) is 17.0 Å². The molecule has 7 nitrogen and oxygen atoms in total. The van der Waals surface area contributed by atoms with Crippen LogP contribution in [-0.2, 0) is 10.4 Å². The number of amides is 1. The van der Waals surface area contributed by atoms with E-state index in [1.807, 2.05) is 26.0 Å². The molecular formula is C18H24N4O3. The number of likely N-dealkylation sites (tertiary alicyclic amines) is 1. The van der Waals surface area contributed by atoms with Crippen LogP contribution in [0.15, 0.2) is 24.4 Å². The molecule has 1 fully saturated rings. The lowest BCUT2D eigenvalue weighted by Gasteiger charge is -2.38. The van der Waals surface area contributed by atoms with Crippen molar-refractivity contribution in [3.63, 3.8) is 0 Å². The lowest BCUT2D eigenvalue weighted by molar-refractivity contribution is -0.139. The number of carbonyl (C=O) groups is 1. The van der Waals surface area contributed by atoms with Gasteiger partial charge in [0.2, 0.25) is 5.91 Å². The number of aryl methyl sites for hydroxylation is 2. The first-order valence-corrected chi connectivity index (χ1v) is 8.54. The van der Waals surface area contributed by atoms with Crippen LogP contribution in [0.25, 0.3) is 0 Å². The van der Waals surface area contributed by atoms with Crippen LogP contribution in [0, 0.1) is 13.8 Å². The highest BCUT2D eigenvalue weighted by atomic mass is 16.5. The maximum Gasteiger partial charge on any atom is 0.226 e. The highest BCUT2D eigenvalue weighted by Gasteiger charge is 2.38. The summed E-state index contributed by atoms with van der Waals surface area (Å²) in [7, 11) is 0. The molecule has 0 spiro atoms. The van der Waals surface area contributed by atoms with Crippen molar-refractivity contribution in [2.75, 3.05) is 19.7 Å². The van der Waals surface area contributed by atoms with Crippen LogP contribution in [-0.4, -0.2) is 51.0 Å². The molecule has 2 aromatic rings. The summed E-state index contributed by atoms with van der Waals surface area (Å²) in [6.45, 7) is 5.23. The fourth-order valence-corrected chi connectivity index (χ4v) is 3.25. The number of piperidine rings is 1. The molecule has 1 aromatic heterocycles. The SMILES string of the molecule is Cc1ccc(OCCC(=O)N2CCC[C@@](O)(c3cn[nH]n3)C2)c(C)c1. The summed E-state index contributed by atoms with van der Waals surface area (Å²) in [6, 6.07) is 5.98. The third kappa shape index (κ3) is 3.99. The van der Waals surface area contributed by atoms with Gasteiger partial charge in [0.15, 0.2) is 0 Å². The normalized spacial score (nSPS) is 20.5. The molecule has 0 bridgehead atoms. The molecule has 1 aromatic carbocycles. The van der Waals surface area contributed by atoms with E-state index in [-0.39, 0.29) is 18.9 Å². The maximum absolute atomic E-state index is 12.5.